The molecule has 2 aliphatic rings. The Bertz CT molecular complexity index is 754. The second kappa shape index (κ2) is 6.60. The molecule has 132 valence electrons. The number of benzene rings is 1. The van der Waals surface area contributed by atoms with Gasteiger partial charge in [-0.1, -0.05) is 24.9 Å². The zero-order valence-corrected chi connectivity index (χ0v) is 15.6. The Kier molecular flexibility index (Phi) is 4.45. The zero-order valence-electron chi connectivity index (χ0n) is 14.9. The second-order valence-corrected chi connectivity index (χ2v) is 8.27. The van der Waals surface area contributed by atoms with Crippen LogP contribution < -0.4 is 0 Å². The molecule has 1 heterocycles. The van der Waals surface area contributed by atoms with Gasteiger partial charge in [0.05, 0.1) is 12.2 Å². The SMILES string of the molecule is CC[C@@H](CC(=O)c1ccc(Cl)cc1)C1[C@H]2CC(n3cc(C)cn3)C[C@@H]12. The molecule has 2 saturated carbocycles. The van der Waals surface area contributed by atoms with Crippen LogP contribution in [0.4, 0.5) is 0 Å². The molecule has 0 radical (unpaired) electrons. The maximum atomic E-state index is 12.6. The molecule has 0 saturated heterocycles. The Morgan fingerprint density at radius 1 is 1.28 bits per heavy atom. The normalized spacial score (nSPS) is 28.6. The average molecular weight is 357 g/mol. The minimum Gasteiger partial charge on any atom is -0.294 e. The smallest absolute Gasteiger partial charge is 0.163 e. The maximum Gasteiger partial charge on any atom is 0.163 e. The molecule has 1 aromatic heterocycles. The first-order valence-electron chi connectivity index (χ1n) is 9.36. The van der Waals surface area contributed by atoms with Gasteiger partial charge in [-0.3, -0.25) is 9.48 Å². The number of carbonyl (C=O) groups excluding carboxylic acids is 1. The Hall–Kier alpha value is -1.61. The van der Waals surface area contributed by atoms with Crippen molar-refractivity contribution in [2.75, 3.05) is 0 Å². The minimum absolute atomic E-state index is 0.257. The van der Waals surface area contributed by atoms with E-state index in [9.17, 15) is 4.79 Å². The van der Waals surface area contributed by atoms with Crippen LogP contribution in [-0.2, 0) is 0 Å². The quantitative estimate of drug-likeness (QED) is 0.654. The molecule has 3 nitrogen and oxygen atoms in total. The largest absolute Gasteiger partial charge is 0.294 e. The maximum absolute atomic E-state index is 12.6. The van der Waals surface area contributed by atoms with E-state index in [2.05, 4.69) is 29.8 Å². The average Bonchev–Trinajstić information content (AvgIpc) is 2.95. The fraction of sp³-hybridized carbons (Fsp3) is 0.524. The molecule has 5 atom stereocenters. The number of fused-ring (bicyclic) bond motifs is 1. The predicted octanol–water partition coefficient (Wildman–Crippen LogP) is 5.34. The van der Waals surface area contributed by atoms with Crippen LogP contribution in [0.15, 0.2) is 36.7 Å². The minimum atomic E-state index is 0.257. The Balaban J connectivity index is 1.36. The Labute approximate surface area is 154 Å². The van der Waals surface area contributed by atoms with E-state index in [0.717, 1.165) is 29.7 Å². The van der Waals surface area contributed by atoms with Crippen molar-refractivity contribution in [1.29, 1.82) is 0 Å². The van der Waals surface area contributed by atoms with Gasteiger partial charge >= 0.3 is 0 Å². The summed E-state index contributed by atoms with van der Waals surface area (Å²) in [5, 5.41) is 5.17. The van der Waals surface area contributed by atoms with Crippen LogP contribution in [0.1, 0.15) is 54.6 Å². The number of nitrogens with zero attached hydrogens (tertiary/aromatic N) is 2. The molecule has 2 aromatic rings. The summed E-state index contributed by atoms with van der Waals surface area (Å²) in [6.45, 7) is 4.32. The van der Waals surface area contributed by atoms with Crippen molar-refractivity contribution < 1.29 is 4.79 Å². The van der Waals surface area contributed by atoms with Crippen LogP contribution in [0, 0.1) is 30.6 Å². The monoisotopic (exact) mass is 356 g/mol. The van der Waals surface area contributed by atoms with Gasteiger partial charge in [0.15, 0.2) is 5.78 Å². The van der Waals surface area contributed by atoms with Crippen LogP contribution in [0.3, 0.4) is 0 Å². The predicted molar refractivity (Wildman–Crippen MR) is 99.9 cm³/mol. The first-order chi connectivity index (χ1) is 12.1. The van der Waals surface area contributed by atoms with Gasteiger partial charge in [-0.05, 0) is 73.3 Å². The van der Waals surface area contributed by atoms with E-state index in [1.54, 1.807) is 12.1 Å². The van der Waals surface area contributed by atoms with Gasteiger partial charge < -0.3 is 0 Å². The Morgan fingerprint density at radius 2 is 1.96 bits per heavy atom. The van der Waals surface area contributed by atoms with E-state index in [1.807, 2.05) is 18.3 Å². The lowest BCUT2D eigenvalue weighted by atomic mass is 9.87. The Morgan fingerprint density at radius 3 is 2.52 bits per heavy atom. The third-order valence-corrected chi connectivity index (χ3v) is 6.53. The van der Waals surface area contributed by atoms with Crippen LogP contribution in [0.25, 0.3) is 0 Å². The molecule has 25 heavy (non-hydrogen) atoms. The van der Waals surface area contributed by atoms with Crippen molar-refractivity contribution in [3.8, 4) is 0 Å². The fourth-order valence-corrected chi connectivity index (χ4v) is 5.08. The van der Waals surface area contributed by atoms with Crippen molar-refractivity contribution >= 4 is 17.4 Å². The topological polar surface area (TPSA) is 34.9 Å². The molecular formula is C21H25ClN2O. The summed E-state index contributed by atoms with van der Waals surface area (Å²) in [4.78, 5) is 12.6. The highest BCUT2D eigenvalue weighted by Crippen LogP contribution is 2.64. The van der Waals surface area contributed by atoms with Gasteiger partial charge in [0.25, 0.3) is 0 Å². The van der Waals surface area contributed by atoms with Gasteiger partial charge in [-0.2, -0.15) is 5.10 Å². The van der Waals surface area contributed by atoms with E-state index in [4.69, 9.17) is 11.6 Å². The standard InChI is InChI=1S/C21H25ClN2O/c1-3-14(8-20(25)15-4-6-16(22)7-5-15)21-18-9-17(10-19(18)21)24-12-13(2)11-23-24/h4-7,11-12,14,17-19,21H,3,8-10H2,1-2H3/t14-,17?,18-,19+,21?/m0/s1. The molecular weight excluding hydrogens is 332 g/mol. The third-order valence-electron chi connectivity index (χ3n) is 6.27. The molecule has 2 aliphatic carbocycles. The zero-order chi connectivity index (χ0) is 17.6. The molecule has 0 spiro atoms. The van der Waals surface area contributed by atoms with E-state index < -0.39 is 0 Å². The number of Topliss-reactive ketones (excluding diaryl/α,β-unsaturated/α-hetero) is 1. The molecule has 0 bridgehead atoms. The van der Waals surface area contributed by atoms with Crippen LogP contribution in [-0.4, -0.2) is 15.6 Å². The highest BCUT2D eigenvalue weighted by molar-refractivity contribution is 6.30. The van der Waals surface area contributed by atoms with Gasteiger partial charge in [0.1, 0.15) is 0 Å². The molecule has 1 aromatic carbocycles. The number of hydrogen-bond donors (Lipinski definition) is 0. The lowest BCUT2D eigenvalue weighted by molar-refractivity contribution is 0.0949. The highest BCUT2D eigenvalue weighted by atomic mass is 35.5. The highest BCUT2D eigenvalue weighted by Gasteiger charge is 2.58. The van der Waals surface area contributed by atoms with Crippen LogP contribution >= 0.6 is 11.6 Å². The van der Waals surface area contributed by atoms with E-state index >= 15 is 0 Å². The summed E-state index contributed by atoms with van der Waals surface area (Å²) in [5.74, 6) is 3.08. The number of ketones is 1. The first kappa shape index (κ1) is 16.8. The number of aryl methyl sites for hydroxylation is 1. The summed E-state index contributed by atoms with van der Waals surface area (Å²) < 4.78 is 2.15. The summed E-state index contributed by atoms with van der Waals surface area (Å²) in [6.07, 6.45) is 8.31. The van der Waals surface area contributed by atoms with Crippen molar-refractivity contribution in [3.05, 3.63) is 52.8 Å². The summed E-state index contributed by atoms with van der Waals surface area (Å²) >= 11 is 5.92. The molecule has 0 N–H and O–H groups in total. The van der Waals surface area contributed by atoms with E-state index in [-0.39, 0.29) is 5.78 Å². The summed E-state index contributed by atoms with van der Waals surface area (Å²) in [5.41, 5.74) is 2.02. The van der Waals surface area contributed by atoms with Gasteiger partial charge in [0.2, 0.25) is 0 Å². The number of halogens is 1. The molecule has 2 unspecified atom stereocenters. The van der Waals surface area contributed by atoms with Gasteiger partial charge in [-0.15, -0.1) is 0 Å². The van der Waals surface area contributed by atoms with E-state index in [1.165, 1.54) is 18.4 Å². The number of hydrogen-bond acceptors (Lipinski definition) is 2. The molecule has 0 amide bonds. The summed E-state index contributed by atoms with van der Waals surface area (Å²) in [6, 6.07) is 7.86. The van der Waals surface area contributed by atoms with Gasteiger partial charge in [0, 0.05) is 23.2 Å². The fourth-order valence-electron chi connectivity index (χ4n) is 4.96. The number of rotatable bonds is 6. The van der Waals surface area contributed by atoms with E-state index in [0.29, 0.717) is 23.4 Å². The molecule has 4 rings (SSSR count). The molecule has 2 fully saturated rings. The lowest BCUT2D eigenvalue weighted by Gasteiger charge is -2.20. The van der Waals surface area contributed by atoms with Gasteiger partial charge in [-0.25, -0.2) is 0 Å². The van der Waals surface area contributed by atoms with Crippen molar-refractivity contribution in [2.24, 2.45) is 23.7 Å². The second-order valence-electron chi connectivity index (χ2n) is 7.83. The lowest BCUT2D eigenvalue weighted by Crippen LogP contribution is -2.16. The van der Waals surface area contributed by atoms with Crippen LogP contribution in [0.5, 0.6) is 0 Å². The number of aromatic nitrogens is 2. The van der Waals surface area contributed by atoms with Crippen LogP contribution in [0.2, 0.25) is 5.02 Å². The molecule has 4 heteroatoms. The first-order valence-corrected chi connectivity index (χ1v) is 9.74. The third kappa shape index (κ3) is 3.27. The van der Waals surface area contributed by atoms with Crippen molar-refractivity contribution in [3.63, 3.8) is 0 Å². The molecule has 0 aliphatic heterocycles. The number of carbonyl (C=O) groups is 1. The summed E-state index contributed by atoms with van der Waals surface area (Å²) in [7, 11) is 0. The van der Waals surface area contributed by atoms with Crippen molar-refractivity contribution in [1.82, 2.24) is 9.78 Å². The van der Waals surface area contributed by atoms with Crippen molar-refractivity contribution in [2.45, 2.75) is 45.6 Å².